The van der Waals surface area contributed by atoms with Crippen LogP contribution in [0.5, 0.6) is 0 Å². The SMILES string of the molecule is Cc1cc(N)cc(C(=O)NCC2(CO)CC2)c1F. The van der Waals surface area contributed by atoms with E-state index >= 15 is 0 Å². The Morgan fingerprint density at radius 3 is 2.78 bits per heavy atom. The van der Waals surface area contributed by atoms with Gasteiger partial charge >= 0.3 is 0 Å². The van der Waals surface area contributed by atoms with Crippen molar-refractivity contribution in [1.29, 1.82) is 0 Å². The highest BCUT2D eigenvalue weighted by atomic mass is 19.1. The van der Waals surface area contributed by atoms with E-state index in [1.807, 2.05) is 0 Å². The molecule has 4 nitrogen and oxygen atoms in total. The van der Waals surface area contributed by atoms with Gasteiger partial charge in [-0.2, -0.15) is 0 Å². The first-order valence-corrected chi connectivity index (χ1v) is 5.92. The monoisotopic (exact) mass is 252 g/mol. The van der Waals surface area contributed by atoms with Crippen molar-refractivity contribution in [3.05, 3.63) is 29.1 Å². The van der Waals surface area contributed by atoms with Gasteiger partial charge in [0.15, 0.2) is 0 Å². The molecule has 5 heteroatoms. The summed E-state index contributed by atoms with van der Waals surface area (Å²) in [5.74, 6) is -1.03. The van der Waals surface area contributed by atoms with Crippen LogP contribution in [-0.4, -0.2) is 24.2 Å². The first kappa shape index (κ1) is 12.8. The molecule has 0 spiro atoms. The number of rotatable bonds is 4. The van der Waals surface area contributed by atoms with E-state index in [0.717, 1.165) is 12.8 Å². The normalized spacial score (nSPS) is 16.4. The Morgan fingerprint density at radius 1 is 1.56 bits per heavy atom. The third-order valence-electron chi connectivity index (χ3n) is 3.44. The van der Waals surface area contributed by atoms with E-state index in [0.29, 0.717) is 17.8 Å². The summed E-state index contributed by atoms with van der Waals surface area (Å²) in [6.45, 7) is 1.99. The molecule has 98 valence electrons. The number of benzene rings is 1. The van der Waals surface area contributed by atoms with Gasteiger partial charge in [-0.05, 0) is 37.5 Å². The molecule has 2 rings (SSSR count). The Morgan fingerprint density at radius 2 is 2.22 bits per heavy atom. The van der Waals surface area contributed by atoms with Gasteiger partial charge in [0.2, 0.25) is 0 Å². The molecule has 0 unspecified atom stereocenters. The molecule has 1 aromatic carbocycles. The van der Waals surface area contributed by atoms with E-state index in [4.69, 9.17) is 10.8 Å². The van der Waals surface area contributed by atoms with Gasteiger partial charge in [0.1, 0.15) is 5.82 Å². The summed E-state index contributed by atoms with van der Waals surface area (Å²) >= 11 is 0. The molecular weight excluding hydrogens is 235 g/mol. The highest BCUT2D eigenvalue weighted by Crippen LogP contribution is 2.44. The summed E-state index contributed by atoms with van der Waals surface area (Å²) in [6.07, 6.45) is 1.78. The maximum Gasteiger partial charge on any atom is 0.254 e. The minimum Gasteiger partial charge on any atom is -0.399 e. The molecule has 0 bridgehead atoms. The second kappa shape index (κ2) is 4.57. The summed E-state index contributed by atoms with van der Waals surface area (Å²) in [6, 6.07) is 2.82. The average Bonchev–Trinajstić information content (AvgIpc) is 3.11. The third kappa shape index (κ3) is 2.46. The van der Waals surface area contributed by atoms with Gasteiger partial charge in [-0.3, -0.25) is 4.79 Å². The van der Waals surface area contributed by atoms with Crippen LogP contribution >= 0.6 is 0 Å². The Hall–Kier alpha value is -1.62. The standard InChI is InChI=1S/C13H17FN2O2/c1-8-4-9(15)5-10(11(8)14)12(18)16-6-13(7-17)2-3-13/h4-5,17H,2-3,6-7,15H2,1H3,(H,16,18). The first-order valence-electron chi connectivity index (χ1n) is 5.92. The van der Waals surface area contributed by atoms with Crippen molar-refractivity contribution in [2.45, 2.75) is 19.8 Å². The fourth-order valence-electron chi connectivity index (χ4n) is 1.89. The number of aliphatic hydroxyl groups is 1. The lowest BCUT2D eigenvalue weighted by Gasteiger charge is -2.13. The number of aliphatic hydroxyl groups excluding tert-OH is 1. The number of amides is 1. The zero-order chi connectivity index (χ0) is 13.3. The van der Waals surface area contributed by atoms with Crippen LogP contribution in [0.4, 0.5) is 10.1 Å². The lowest BCUT2D eigenvalue weighted by Crippen LogP contribution is -2.32. The van der Waals surface area contributed by atoms with Crippen molar-refractivity contribution in [2.24, 2.45) is 5.41 Å². The molecule has 1 amide bonds. The minimum absolute atomic E-state index is 0.0405. The van der Waals surface area contributed by atoms with E-state index in [1.165, 1.54) is 12.1 Å². The van der Waals surface area contributed by atoms with E-state index in [9.17, 15) is 9.18 Å². The fraction of sp³-hybridized carbons (Fsp3) is 0.462. The van der Waals surface area contributed by atoms with E-state index in [-0.39, 0.29) is 17.6 Å². The van der Waals surface area contributed by atoms with Gasteiger partial charge in [0.05, 0.1) is 12.2 Å². The lowest BCUT2D eigenvalue weighted by atomic mass is 10.1. The number of aryl methyl sites for hydroxylation is 1. The number of carbonyl (C=O) groups excluding carboxylic acids is 1. The molecular formula is C13H17FN2O2. The summed E-state index contributed by atoms with van der Waals surface area (Å²) in [5, 5.41) is 11.8. The van der Waals surface area contributed by atoms with Crippen molar-refractivity contribution < 1.29 is 14.3 Å². The molecule has 0 radical (unpaired) electrons. The number of carbonyl (C=O) groups is 1. The highest BCUT2D eigenvalue weighted by Gasteiger charge is 2.42. The number of nitrogens with one attached hydrogen (secondary N) is 1. The number of anilines is 1. The van der Waals surface area contributed by atoms with Crippen LogP contribution in [-0.2, 0) is 0 Å². The Bertz CT molecular complexity index is 484. The van der Waals surface area contributed by atoms with Crippen LogP contribution in [0.1, 0.15) is 28.8 Å². The summed E-state index contributed by atoms with van der Waals surface area (Å²) in [7, 11) is 0. The number of halogens is 1. The number of nitrogen functional groups attached to an aromatic ring is 1. The number of nitrogens with two attached hydrogens (primary N) is 1. The zero-order valence-electron chi connectivity index (χ0n) is 10.3. The predicted molar refractivity (Wildman–Crippen MR) is 66.6 cm³/mol. The zero-order valence-corrected chi connectivity index (χ0v) is 10.3. The molecule has 1 saturated carbocycles. The third-order valence-corrected chi connectivity index (χ3v) is 3.44. The molecule has 18 heavy (non-hydrogen) atoms. The van der Waals surface area contributed by atoms with Crippen LogP contribution in [0, 0.1) is 18.2 Å². The highest BCUT2D eigenvalue weighted by molar-refractivity contribution is 5.95. The van der Waals surface area contributed by atoms with E-state index in [2.05, 4.69) is 5.32 Å². The lowest BCUT2D eigenvalue weighted by molar-refractivity contribution is 0.0931. The summed E-state index contributed by atoms with van der Waals surface area (Å²) in [4.78, 5) is 11.9. The Labute approximate surface area is 105 Å². The molecule has 4 N–H and O–H groups in total. The fourth-order valence-corrected chi connectivity index (χ4v) is 1.89. The van der Waals surface area contributed by atoms with Crippen LogP contribution in [0.15, 0.2) is 12.1 Å². The smallest absolute Gasteiger partial charge is 0.254 e. The van der Waals surface area contributed by atoms with Crippen LogP contribution in [0.25, 0.3) is 0 Å². The van der Waals surface area contributed by atoms with E-state index < -0.39 is 11.7 Å². The average molecular weight is 252 g/mol. The largest absolute Gasteiger partial charge is 0.399 e. The number of hydrogen-bond acceptors (Lipinski definition) is 3. The minimum atomic E-state index is -0.546. The summed E-state index contributed by atoms with van der Waals surface area (Å²) in [5.41, 5.74) is 6.08. The second-order valence-electron chi connectivity index (χ2n) is 5.04. The van der Waals surface area contributed by atoms with Crippen molar-refractivity contribution in [3.8, 4) is 0 Å². The van der Waals surface area contributed by atoms with Gasteiger partial charge in [-0.1, -0.05) is 0 Å². The first-order chi connectivity index (χ1) is 8.47. The van der Waals surface area contributed by atoms with Gasteiger partial charge < -0.3 is 16.2 Å². The molecule has 1 fully saturated rings. The maximum atomic E-state index is 13.8. The van der Waals surface area contributed by atoms with Crippen molar-refractivity contribution in [2.75, 3.05) is 18.9 Å². The maximum absolute atomic E-state index is 13.8. The molecule has 1 aromatic rings. The van der Waals surface area contributed by atoms with Crippen molar-refractivity contribution >= 4 is 11.6 Å². The van der Waals surface area contributed by atoms with Gasteiger partial charge in [-0.25, -0.2) is 4.39 Å². The van der Waals surface area contributed by atoms with Crippen LogP contribution in [0.2, 0.25) is 0 Å². The topological polar surface area (TPSA) is 75.4 Å². The van der Waals surface area contributed by atoms with Crippen LogP contribution < -0.4 is 11.1 Å². The Balaban J connectivity index is 2.09. The van der Waals surface area contributed by atoms with Gasteiger partial charge in [0.25, 0.3) is 5.91 Å². The summed E-state index contributed by atoms with van der Waals surface area (Å²) < 4.78 is 13.8. The molecule has 0 aromatic heterocycles. The second-order valence-corrected chi connectivity index (χ2v) is 5.04. The molecule has 0 heterocycles. The molecule has 0 atom stereocenters. The van der Waals surface area contributed by atoms with Crippen LogP contribution in [0.3, 0.4) is 0 Å². The van der Waals surface area contributed by atoms with E-state index in [1.54, 1.807) is 6.92 Å². The van der Waals surface area contributed by atoms with Crippen molar-refractivity contribution in [1.82, 2.24) is 5.32 Å². The van der Waals surface area contributed by atoms with Crippen molar-refractivity contribution in [3.63, 3.8) is 0 Å². The van der Waals surface area contributed by atoms with Gasteiger partial charge in [0, 0.05) is 17.6 Å². The predicted octanol–water partition coefficient (Wildman–Crippen LogP) is 1.22. The molecule has 1 aliphatic carbocycles. The molecule has 1 aliphatic rings. The Kier molecular flexibility index (Phi) is 3.26. The van der Waals surface area contributed by atoms with Gasteiger partial charge in [-0.15, -0.1) is 0 Å². The molecule has 0 aliphatic heterocycles. The quantitative estimate of drug-likeness (QED) is 0.705. The number of hydrogen-bond donors (Lipinski definition) is 3. The molecule has 0 saturated heterocycles.